The highest BCUT2D eigenvalue weighted by atomic mass is 79.9. The zero-order chi connectivity index (χ0) is 8.27. The molecule has 0 saturated heterocycles. The lowest BCUT2D eigenvalue weighted by Gasteiger charge is -1.99. The van der Waals surface area contributed by atoms with Crippen LogP contribution < -0.4 is 0 Å². The summed E-state index contributed by atoms with van der Waals surface area (Å²) in [5.41, 5.74) is 0. The molecule has 0 N–H and O–H groups in total. The molecule has 1 rings (SSSR count). The Morgan fingerprint density at radius 3 is 2.82 bits per heavy atom. The average Bonchev–Trinajstić information content (AvgIpc) is 2.31. The highest BCUT2D eigenvalue weighted by Gasteiger charge is 2.02. The smallest absolute Gasteiger partial charge is 0.179 e. The highest BCUT2D eigenvalue weighted by molar-refractivity contribution is 9.11. The zero-order valence-corrected chi connectivity index (χ0v) is 9.59. The summed E-state index contributed by atoms with van der Waals surface area (Å²) in [4.78, 5) is 4.19. The molecule has 0 atom stereocenters. The number of thioether (sulfide) groups is 1. The Bertz CT molecular complexity index is 224. The van der Waals surface area contributed by atoms with Gasteiger partial charge < -0.3 is 0 Å². The van der Waals surface area contributed by atoms with Crippen molar-refractivity contribution in [2.24, 2.45) is 0 Å². The van der Waals surface area contributed by atoms with E-state index in [4.69, 9.17) is 0 Å². The van der Waals surface area contributed by atoms with Crippen LogP contribution >= 0.6 is 39.2 Å². The van der Waals surface area contributed by atoms with Gasteiger partial charge in [0.25, 0.3) is 0 Å². The van der Waals surface area contributed by atoms with Crippen molar-refractivity contribution in [2.75, 3.05) is 0 Å². The van der Waals surface area contributed by atoms with Gasteiger partial charge in [0.15, 0.2) is 9.74 Å². The van der Waals surface area contributed by atoms with Crippen molar-refractivity contribution >= 4 is 39.2 Å². The summed E-state index contributed by atoms with van der Waals surface area (Å²) in [5, 5.41) is 0.650. The Morgan fingerprint density at radius 1 is 1.64 bits per heavy atom. The van der Waals surface area contributed by atoms with E-state index >= 15 is 0 Å². The highest BCUT2D eigenvalue weighted by Crippen LogP contribution is 2.18. The standard InChI is InChI=1S/C6H9BrN2S2/c1-4(2)10-3-5-8-6(7)11-9-5/h4H,3H2,1-2H3. The van der Waals surface area contributed by atoms with E-state index in [0.717, 1.165) is 15.5 Å². The van der Waals surface area contributed by atoms with Gasteiger partial charge in [-0.3, -0.25) is 0 Å². The SMILES string of the molecule is CC(C)SCc1nsc(Br)n1. The van der Waals surface area contributed by atoms with Gasteiger partial charge in [0.2, 0.25) is 0 Å². The largest absolute Gasteiger partial charge is 0.212 e. The fourth-order valence-corrected chi connectivity index (χ4v) is 2.08. The molecule has 1 heterocycles. The number of aromatic nitrogens is 2. The Kier molecular flexibility index (Phi) is 3.81. The van der Waals surface area contributed by atoms with E-state index in [2.05, 4.69) is 39.1 Å². The van der Waals surface area contributed by atoms with Crippen LogP contribution in [0.15, 0.2) is 3.92 Å². The van der Waals surface area contributed by atoms with Gasteiger partial charge in [-0.15, -0.1) is 0 Å². The first kappa shape index (κ1) is 9.48. The van der Waals surface area contributed by atoms with Crippen LogP contribution in [0.4, 0.5) is 0 Å². The molecule has 5 heteroatoms. The maximum absolute atomic E-state index is 4.19. The van der Waals surface area contributed by atoms with Crippen molar-refractivity contribution in [2.45, 2.75) is 24.9 Å². The molecular formula is C6H9BrN2S2. The first-order valence-electron chi connectivity index (χ1n) is 3.28. The molecular weight excluding hydrogens is 244 g/mol. The minimum Gasteiger partial charge on any atom is -0.212 e. The Balaban J connectivity index is 2.39. The molecule has 0 saturated carbocycles. The molecule has 0 aliphatic rings. The van der Waals surface area contributed by atoms with Crippen LogP contribution in [-0.4, -0.2) is 14.6 Å². The lowest BCUT2D eigenvalue weighted by atomic mass is 10.6. The molecule has 1 aromatic heterocycles. The summed E-state index contributed by atoms with van der Waals surface area (Å²) < 4.78 is 5.02. The third kappa shape index (κ3) is 3.53. The fourth-order valence-electron chi connectivity index (χ4n) is 0.532. The van der Waals surface area contributed by atoms with Crippen molar-refractivity contribution < 1.29 is 0 Å². The monoisotopic (exact) mass is 252 g/mol. The van der Waals surface area contributed by atoms with Crippen LogP contribution in [0.1, 0.15) is 19.7 Å². The van der Waals surface area contributed by atoms with E-state index < -0.39 is 0 Å². The van der Waals surface area contributed by atoms with Gasteiger partial charge in [-0.2, -0.15) is 16.1 Å². The summed E-state index contributed by atoms with van der Waals surface area (Å²) in [5.74, 6) is 1.85. The Morgan fingerprint density at radius 2 is 2.36 bits per heavy atom. The molecule has 0 aromatic carbocycles. The molecule has 0 aliphatic heterocycles. The lowest BCUT2D eigenvalue weighted by molar-refractivity contribution is 1.08. The van der Waals surface area contributed by atoms with Crippen LogP contribution in [0.3, 0.4) is 0 Å². The Labute approximate surface area is 83.1 Å². The number of hydrogen-bond donors (Lipinski definition) is 0. The molecule has 62 valence electrons. The van der Waals surface area contributed by atoms with E-state index in [0.29, 0.717) is 5.25 Å². The summed E-state index contributed by atoms with van der Waals surface area (Å²) in [6.07, 6.45) is 0. The molecule has 0 aliphatic carbocycles. The van der Waals surface area contributed by atoms with Gasteiger partial charge >= 0.3 is 0 Å². The second kappa shape index (κ2) is 4.42. The molecule has 0 bridgehead atoms. The molecule has 0 unspecified atom stereocenters. The van der Waals surface area contributed by atoms with Crippen LogP contribution in [0.2, 0.25) is 0 Å². The number of halogens is 1. The summed E-state index contributed by atoms with van der Waals surface area (Å²) in [7, 11) is 0. The van der Waals surface area contributed by atoms with Crippen LogP contribution in [0, 0.1) is 0 Å². The minimum atomic E-state index is 0.650. The maximum Gasteiger partial charge on any atom is 0.179 e. The van der Waals surface area contributed by atoms with Gasteiger partial charge in [-0.05, 0) is 32.7 Å². The third-order valence-electron chi connectivity index (χ3n) is 0.989. The van der Waals surface area contributed by atoms with Gasteiger partial charge in [0.1, 0.15) is 0 Å². The van der Waals surface area contributed by atoms with Crippen LogP contribution in [-0.2, 0) is 5.75 Å². The zero-order valence-electron chi connectivity index (χ0n) is 6.37. The van der Waals surface area contributed by atoms with E-state index in [1.54, 1.807) is 0 Å². The summed E-state index contributed by atoms with van der Waals surface area (Å²) >= 11 is 6.53. The Hall–Kier alpha value is 0.390. The molecule has 0 radical (unpaired) electrons. The molecule has 1 aromatic rings. The predicted octanol–water partition coefficient (Wildman–Crippen LogP) is 2.94. The van der Waals surface area contributed by atoms with Gasteiger partial charge in [0.05, 0.1) is 5.75 Å². The molecule has 2 nitrogen and oxygen atoms in total. The number of nitrogens with zero attached hydrogens (tertiary/aromatic N) is 2. The molecule has 0 amide bonds. The van der Waals surface area contributed by atoms with E-state index in [9.17, 15) is 0 Å². The van der Waals surface area contributed by atoms with Gasteiger partial charge in [0, 0.05) is 0 Å². The third-order valence-corrected chi connectivity index (χ3v) is 3.24. The minimum absolute atomic E-state index is 0.650. The molecule has 0 fully saturated rings. The summed E-state index contributed by atoms with van der Waals surface area (Å²) in [6.45, 7) is 4.35. The van der Waals surface area contributed by atoms with E-state index in [-0.39, 0.29) is 0 Å². The topological polar surface area (TPSA) is 25.8 Å². The maximum atomic E-state index is 4.19. The van der Waals surface area contributed by atoms with Gasteiger partial charge in [-0.1, -0.05) is 13.8 Å². The predicted molar refractivity (Wildman–Crippen MR) is 54.0 cm³/mol. The lowest BCUT2D eigenvalue weighted by Crippen LogP contribution is -1.90. The number of rotatable bonds is 3. The van der Waals surface area contributed by atoms with Gasteiger partial charge in [-0.25, -0.2) is 4.98 Å². The second-order valence-electron chi connectivity index (χ2n) is 2.32. The van der Waals surface area contributed by atoms with Crippen molar-refractivity contribution in [3.8, 4) is 0 Å². The van der Waals surface area contributed by atoms with Crippen molar-refractivity contribution in [1.82, 2.24) is 9.36 Å². The van der Waals surface area contributed by atoms with Crippen LogP contribution in [0.25, 0.3) is 0 Å². The first-order chi connectivity index (χ1) is 5.18. The van der Waals surface area contributed by atoms with Crippen LogP contribution in [0.5, 0.6) is 0 Å². The quantitative estimate of drug-likeness (QED) is 0.828. The number of hydrogen-bond acceptors (Lipinski definition) is 4. The van der Waals surface area contributed by atoms with E-state index in [1.807, 2.05) is 11.8 Å². The van der Waals surface area contributed by atoms with Crippen molar-refractivity contribution in [1.29, 1.82) is 0 Å². The normalized spacial score (nSPS) is 10.9. The molecule has 11 heavy (non-hydrogen) atoms. The second-order valence-corrected chi connectivity index (χ2v) is 5.92. The fraction of sp³-hybridized carbons (Fsp3) is 0.667. The first-order valence-corrected chi connectivity index (χ1v) is 5.89. The average molecular weight is 253 g/mol. The van der Waals surface area contributed by atoms with Crippen molar-refractivity contribution in [3.05, 3.63) is 9.74 Å². The molecule has 0 spiro atoms. The summed E-state index contributed by atoms with van der Waals surface area (Å²) in [6, 6.07) is 0. The van der Waals surface area contributed by atoms with E-state index in [1.165, 1.54) is 11.5 Å². The van der Waals surface area contributed by atoms with Crippen molar-refractivity contribution in [3.63, 3.8) is 0 Å².